The predicted molar refractivity (Wildman–Crippen MR) is 94.0 cm³/mol. The highest BCUT2D eigenvalue weighted by Crippen LogP contribution is 2.17. The van der Waals surface area contributed by atoms with Gasteiger partial charge in [0.25, 0.3) is 0 Å². The Balaban J connectivity index is 1.95. The smallest absolute Gasteiger partial charge is 0.307 e. The van der Waals surface area contributed by atoms with Gasteiger partial charge in [-0.2, -0.15) is 0 Å². The number of amides is 1. The predicted octanol–water partition coefficient (Wildman–Crippen LogP) is 3.07. The fourth-order valence-corrected chi connectivity index (χ4v) is 2.45. The summed E-state index contributed by atoms with van der Waals surface area (Å²) in [5, 5.41) is 2.81. The zero-order chi connectivity index (χ0) is 18.1. The third-order valence-corrected chi connectivity index (χ3v) is 3.81. The van der Waals surface area contributed by atoms with Crippen molar-refractivity contribution in [1.82, 2.24) is 5.32 Å². The summed E-state index contributed by atoms with van der Waals surface area (Å²) in [4.78, 5) is 35.9. The molecule has 0 aliphatic heterocycles. The van der Waals surface area contributed by atoms with Crippen molar-refractivity contribution in [1.29, 1.82) is 0 Å². The molecule has 0 aromatic heterocycles. The molecule has 0 aliphatic carbocycles. The molecule has 1 atom stereocenters. The molecule has 130 valence electrons. The van der Waals surface area contributed by atoms with Gasteiger partial charge in [0.05, 0.1) is 19.6 Å². The SMILES string of the molecule is COC(=O)C[C@H](NC(=O)CCC(=O)c1ccccc1)c1ccccc1. The topological polar surface area (TPSA) is 72.5 Å². The van der Waals surface area contributed by atoms with Gasteiger partial charge in [0, 0.05) is 18.4 Å². The molecule has 1 N–H and O–H groups in total. The van der Waals surface area contributed by atoms with Crippen molar-refractivity contribution in [3.8, 4) is 0 Å². The molecule has 0 spiro atoms. The van der Waals surface area contributed by atoms with Crippen molar-refractivity contribution < 1.29 is 19.1 Å². The van der Waals surface area contributed by atoms with E-state index in [4.69, 9.17) is 4.74 Å². The van der Waals surface area contributed by atoms with Gasteiger partial charge in [0.2, 0.25) is 5.91 Å². The summed E-state index contributed by atoms with van der Waals surface area (Å²) in [5.74, 6) is -0.767. The van der Waals surface area contributed by atoms with Crippen LogP contribution in [0.2, 0.25) is 0 Å². The van der Waals surface area contributed by atoms with Crippen LogP contribution < -0.4 is 5.32 Å². The van der Waals surface area contributed by atoms with Crippen LogP contribution in [-0.4, -0.2) is 24.8 Å². The molecular weight excluding hydrogens is 318 g/mol. The van der Waals surface area contributed by atoms with Gasteiger partial charge < -0.3 is 10.1 Å². The Bertz CT molecular complexity index is 713. The third kappa shape index (κ3) is 5.88. The van der Waals surface area contributed by atoms with Crippen molar-refractivity contribution in [3.05, 3.63) is 71.8 Å². The molecule has 2 aromatic carbocycles. The van der Waals surface area contributed by atoms with E-state index in [9.17, 15) is 14.4 Å². The van der Waals surface area contributed by atoms with E-state index in [1.165, 1.54) is 7.11 Å². The molecule has 25 heavy (non-hydrogen) atoms. The number of carbonyl (C=O) groups is 3. The molecule has 2 aromatic rings. The van der Waals surface area contributed by atoms with Crippen LogP contribution in [0.5, 0.6) is 0 Å². The summed E-state index contributed by atoms with van der Waals surface area (Å²) in [5.41, 5.74) is 1.40. The summed E-state index contributed by atoms with van der Waals surface area (Å²) < 4.78 is 4.70. The standard InChI is InChI=1S/C20H21NO4/c1-25-20(24)14-17(15-8-4-2-5-9-15)21-19(23)13-12-18(22)16-10-6-3-7-11-16/h2-11,17H,12-14H2,1H3,(H,21,23)/t17-/m0/s1. The molecular formula is C20H21NO4. The Morgan fingerprint density at radius 1 is 0.920 bits per heavy atom. The van der Waals surface area contributed by atoms with Gasteiger partial charge in [-0.3, -0.25) is 14.4 Å². The van der Waals surface area contributed by atoms with Gasteiger partial charge in [-0.1, -0.05) is 60.7 Å². The zero-order valence-electron chi connectivity index (χ0n) is 14.1. The van der Waals surface area contributed by atoms with Gasteiger partial charge in [0.15, 0.2) is 5.78 Å². The van der Waals surface area contributed by atoms with Crippen molar-refractivity contribution in [2.24, 2.45) is 0 Å². The third-order valence-electron chi connectivity index (χ3n) is 3.81. The Kier molecular flexibility index (Phi) is 6.89. The number of hydrogen-bond acceptors (Lipinski definition) is 4. The van der Waals surface area contributed by atoms with E-state index in [1.54, 1.807) is 24.3 Å². The quantitative estimate of drug-likeness (QED) is 0.592. The molecule has 0 radical (unpaired) electrons. The van der Waals surface area contributed by atoms with E-state index in [0.29, 0.717) is 5.56 Å². The molecule has 0 bridgehead atoms. The fourth-order valence-electron chi connectivity index (χ4n) is 2.45. The highest BCUT2D eigenvalue weighted by Gasteiger charge is 2.19. The first kappa shape index (κ1) is 18.4. The molecule has 0 saturated heterocycles. The van der Waals surface area contributed by atoms with E-state index in [-0.39, 0.29) is 31.0 Å². The van der Waals surface area contributed by atoms with Gasteiger partial charge in [-0.25, -0.2) is 0 Å². The lowest BCUT2D eigenvalue weighted by Crippen LogP contribution is -2.30. The second kappa shape index (κ2) is 9.37. The van der Waals surface area contributed by atoms with Crippen LogP contribution in [0.3, 0.4) is 0 Å². The number of nitrogens with one attached hydrogen (secondary N) is 1. The summed E-state index contributed by atoms with van der Waals surface area (Å²) in [6.45, 7) is 0. The molecule has 0 aliphatic rings. The highest BCUT2D eigenvalue weighted by molar-refractivity contribution is 5.97. The lowest BCUT2D eigenvalue weighted by molar-refractivity contribution is -0.141. The number of carbonyl (C=O) groups excluding carboxylic acids is 3. The molecule has 0 fully saturated rings. The maximum absolute atomic E-state index is 12.2. The molecule has 0 heterocycles. The number of Topliss-reactive ketones (excluding diaryl/α,β-unsaturated/α-hetero) is 1. The van der Waals surface area contributed by atoms with Crippen LogP contribution >= 0.6 is 0 Å². The molecule has 5 nitrogen and oxygen atoms in total. The Labute approximate surface area is 147 Å². The van der Waals surface area contributed by atoms with Gasteiger partial charge in [0.1, 0.15) is 0 Å². The minimum absolute atomic E-state index is 0.0406. The van der Waals surface area contributed by atoms with Crippen molar-refractivity contribution >= 4 is 17.7 Å². The zero-order valence-corrected chi connectivity index (χ0v) is 14.1. The number of hydrogen-bond donors (Lipinski definition) is 1. The Morgan fingerprint density at radius 2 is 1.52 bits per heavy atom. The number of esters is 1. The Hall–Kier alpha value is -2.95. The molecule has 1 amide bonds. The van der Waals surface area contributed by atoms with E-state index in [2.05, 4.69) is 5.32 Å². The number of rotatable bonds is 8. The normalized spacial score (nSPS) is 11.4. The maximum atomic E-state index is 12.2. The van der Waals surface area contributed by atoms with Gasteiger partial charge in [-0.15, -0.1) is 0 Å². The number of methoxy groups -OCH3 is 1. The van der Waals surface area contributed by atoms with Crippen molar-refractivity contribution in [2.45, 2.75) is 25.3 Å². The first-order valence-electron chi connectivity index (χ1n) is 8.09. The Morgan fingerprint density at radius 3 is 2.12 bits per heavy atom. The first-order valence-corrected chi connectivity index (χ1v) is 8.09. The molecule has 0 saturated carbocycles. The summed E-state index contributed by atoms with van der Waals surface area (Å²) >= 11 is 0. The maximum Gasteiger partial charge on any atom is 0.307 e. The largest absolute Gasteiger partial charge is 0.469 e. The lowest BCUT2D eigenvalue weighted by atomic mass is 10.0. The monoisotopic (exact) mass is 339 g/mol. The number of ether oxygens (including phenoxy) is 1. The molecule has 2 rings (SSSR count). The lowest BCUT2D eigenvalue weighted by Gasteiger charge is -2.18. The van der Waals surface area contributed by atoms with Crippen LogP contribution in [-0.2, 0) is 14.3 Å². The minimum atomic E-state index is -0.479. The van der Waals surface area contributed by atoms with Crippen LogP contribution in [0.1, 0.15) is 41.2 Å². The van der Waals surface area contributed by atoms with Gasteiger partial charge >= 0.3 is 5.97 Å². The number of benzene rings is 2. The van der Waals surface area contributed by atoms with E-state index in [1.807, 2.05) is 36.4 Å². The van der Waals surface area contributed by atoms with Crippen LogP contribution in [0.4, 0.5) is 0 Å². The van der Waals surface area contributed by atoms with Gasteiger partial charge in [-0.05, 0) is 5.56 Å². The molecule has 5 heteroatoms. The summed E-state index contributed by atoms with van der Waals surface area (Å²) in [6, 6.07) is 17.6. The minimum Gasteiger partial charge on any atom is -0.469 e. The fraction of sp³-hybridized carbons (Fsp3) is 0.250. The van der Waals surface area contributed by atoms with Crippen molar-refractivity contribution in [3.63, 3.8) is 0 Å². The average molecular weight is 339 g/mol. The van der Waals surface area contributed by atoms with Crippen LogP contribution in [0, 0.1) is 0 Å². The van der Waals surface area contributed by atoms with E-state index in [0.717, 1.165) is 5.56 Å². The van der Waals surface area contributed by atoms with E-state index >= 15 is 0 Å². The van der Waals surface area contributed by atoms with Crippen molar-refractivity contribution in [2.75, 3.05) is 7.11 Å². The van der Waals surface area contributed by atoms with Crippen LogP contribution in [0.15, 0.2) is 60.7 Å². The van der Waals surface area contributed by atoms with Crippen LogP contribution in [0.25, 0.3) is 0 Å². The first-order chi connectivity index (χ1) is 12.1. The van der Waals surface area contributed by atoms with E-state index < -0.39 is 12.0 Å². The highest BCUT2D eigenvalue weighted by atomic mass is 16.5. The molecule has 0 unspecified atom stereocenters. The second-order valence-corrected chi connectivity index (χ2v) is 5.60. The number of ketones is 1. The summed E-state index contributed by atoms with van der Waals surface area (Å²) in [6.07, 6.45) is 0.229. The average Bonchev–Trinajstić information content (AvgIpc) is 2.66. The second-order valence-electron chi connectivity index (χ2n) is 5.60. The summed E-state index contributed by atoms with van der Waals surface area (Å²) in [7, 11) is 1.31.